The molecule has 1 atom stereocenters. The topological polar surface area (TPSA) is 36.2 Å². The summed E-state index contributed by atoms with van der Waals surface area (Å²) in [6, 6.07) is 0.488. The van der Waals surface area contributed by atoms with Gasteiger partial charge >= 0.3 is 5.69 Å². The molecule has 0 bridgehead atoms. The van der Waals surface area contributed by atoms with Gasteiger partial charge in [-0.2, -0.15) is 0 Å². The highest BCUT2D eigenvalue weighted by Gasteiger charge is 2.25. The molecule has 1 saturated carbocycles. The molecule has 4 heteroatoms. The number of aromatic nitrogens is 2. The van der Waals surface area contributed by atoms with Crippen LogP contribution >= 0.6 is 0 Å². The van der Waals surface area contributed by atoms with Crippen LogP contribution in [-0.2, 0) is 11.3 Å². The Morgan fingerprint density at radius 1 is 1.29 bits per heavy atom. The van der Waals surface area contributed by atoms with Crippen LogP contribution in [0.5, 0.6) is 0 Å². The monoisotopic (exact) mass is 236 g/mol. The molecule has 0 N–H and O–H groups in total. The predicted molar refractivity (Wildman–Crippen MR) is 65.2 cm³/mol. The van der Waals surface area contributed by atoms with Gasteiger partial charge in [0.25, 0.3) is 0 Å². The first-order valence-corrected chi connectivity index (χ1v) is 6.73. The molecule has 1 saturated heterocycles. The molecule has 0 amide bonds. The number of ether oxygens (including phenoxy) is 1. The van der Waals surface area contributed by atoms with Gasteiger partial charge in [0, 0.05) is 31.6 Å². The summed E-state index contributed by atoms with van der Waals surface area (Å²) >= 11 is 0. The molecule has 1 aromatic heterocycles. The number of hydrogen-bond donors (Lipinski definition) is 0. The molecule has 3 rings (SSSR count). The fourth-order valence-corrected chi connectivity index (χ4v) is 2.59. The maximum absolute atomic E-state index is 12.0. The minimum atomic E-state index is 0.167. The summed E-state index contributed by atoms with van der Waals surface area (Å²) in [7, 11) is 0. The van der Waals surface area contributed by atoms with Crippen molar-refractivity contribution >= 4 is 0 Å². The molecular weight excluding hydrogens is 216 g/mol. The Morgan fingerprint density at radius 2 is 2.18 bits per heavy atom. The summed E-state index contributed by atoms with van der Waals surface area (Å²) in [5.41, 5.74) is 0.167. The van der Waals surface area contributed by atoms with Crippen LogP contribution in [0.15, 0.2) is 17.2 Å². The summed E-state index contributed by atoms with van der Waals surface area (Å²) in [6.45, 7) is 1.75. The Kier molecular flexibility index (Phi) is 3.05. The smallest absolute Gasteiger partial charge is 0.328 e. The van der Waals surface area contributed by atoms with Crippen LogP contribution in [0, 0.1) is 0 Å². The van der Waals surface area contributed by atoms with Gasteiger partial charge < -0.3 is 4.74 Å². The van der Waals surface area contributed by atoms with Crippen molar-refractivity contribution < 1.29 is 4.74 Å². The fraction of sp³-hybridized carbons (Fsp3) is 0.769. The summed E-state index contributed by atoms with van der Waals surface area (Å²) in [6.07, 6.45) is 11.2. The zero-order valence-corrected chi connectivity index (χ0v) is 10.2. The molecule has 0 aromatic carbocycles. The highest BCUT2D eigenvalue weighted by molar-refractivity contribution is 4.91. The van der Waals surface area contributed by atoms with E-state index in [9.17, 15) is 4.79 Å². The van der Waals surface area contributed by atoms with E-state index in [1.54, 1.807) is 0 Å². The van der Waals surface area contributed by atoms with E-state index in [2.05, 4.69) is 0 Å². The van der Waals surface area contributed by atoms with E-state index < -0.39 is 0 Å². The lowest BCUT2D eigenvalue weighted by Crippen LogP contribution is -2.23. The molecular formula is C13H20N2O2. The van der Waals surface area contributed by atoms with E-state index in [4.69, 9.17) is 4.74 Å². The van der Waals surface area contributed by atoms with E-state index in [0.29, 0.717) is 12.1 Å². The lowest BCUT2D eigenvalue weighted by molar-refractivity contribution is 0.101. The SMILES string of the molecule is O=c1n(CCCC2CCCO2)ccn1C1CC1. The summed E-state index contributed by atoms with van der Waals surface area (Å²) < 4.78 is 9.30. The maximum atomic E-state index is 12.0. The maximum Gasteiger partial charge on any atom is 0.328 e. The van der Waals surface area contributed by atoms with Crippen molar-refractivity contribution in [3.8, 4) is 0 Å². The molecule has 1 aromatic rings. The Balaban J connectivity index is 1.52. The van der Waals surface area contributed by atoms with Crippen LogP contribution in [0.2, 0.25) is 0 Å². The van der Waals surface area contributed by atoms with Gasteiger partial charge in [-0.15, -0.1) is 0 Å². The summed E-state index contributed by atoms with van der Waals surface area (Å²) in [4.78, 5) is 12.0. The quantitative estimate of drug-likeness (QED) is 0.783. The van der Waals surface area contributed by atoms with Crippen LogP contribution in [-0.4, -0.2) is 21.8 Å². The Labute approximate surface area is 101 Å². The molecule has 2 heterocycles. The highest BCUT2D eigenvalue weighted by atomic mass is 16.5. The van der Waals surface area contributed by atoms with Crippen molar-refractivity contribution in [2.45, 2.75) is 57.2 Å². The third kappa shape index (κ3) is 2.46. The van der Waals surface area contributed by atoms with Gasteiger partial charge in [-0.1, -0.05) is 0 Å². The zero-order chi connectivity index (χ0) is 11.7. The van der Waals surface area contributed by atoms with Crippen molar-refractivity contribution in [2.75, 3.05) is 6.61 Å². The van der Waals surface area contributed by atoms with Crippen molar-refractivity contribution in [1.29, 1.82) is 0 Å². The van der Waals surface area contributed by atoms with Crippen LogP contribution < -0.4 is 5.69 Å². The van der Waals surface area contributed by atoms with Gasteiger partial charge in [-0.3, -0.25) is 9.13 Å². The number of aryl methyl sites for hydroxylation is 1. The van der Waals surface area contributed by atoms with E-state index in [-0.39, 0.29) is 5.69 Å². The third-order valence-corrected chi connectivity index (χ3v) is 3.76. The van der Waals surface area contributed by atoms with Crippen LogP contribution in [0.4, 0.5) is 0 Å². The number of rotatable bonds is 5. The number of hydrogen-bond acceptors (Lipinski definition) is 2. The molecule has 1 unspecified atom stereocenters. The van der Waals surface area contributed by atoms with Crippen LogP contribution in [0.1, 0.15) is 44.6 Å². The molecule has 17 heavy (non-hydrogen) atoms. The largest absolute Gasteiger partial charge is 0.378 e. The lowest BCUT2D eigenvalue weighted by atomic mass is 10.1. The molecule has 0 radical (unpaired) electrons. The fourth-order valence-electron chi connectivity index (χ4n) is 2.59. The lowest BCUT2D eigenvalue weighted by Gasteiger charge is -2.08. The summed E-state index contributed by atoms with van der Waals surface area (Å²) in [5, 5.41) is 0. The van der Waals surface area contributed by atoms with E-state index >= 15 is 0 Å². The van der Waals surface area contributed by atoms with Crippen LogP contribution in [0.25, 0.3) is 0 Å². The van der Waals surface area contributed by atoms with E-state index in [1.165, 1.54) is 25.7 Å². The van der Waals surface area contributed by atoms with Gasteiger partial charge in [0.05, 0.1) is 6.10 Å². The van der Waals surface area contributed by atoms with Gasteiger partial charge in [0.15, 0.2) is 0 Å². The van der Waals surface area contributed by atoms with Crippen molar-refractivity contribution in [1.82, 2.24) is 9.13 Å². The van der Waals surface area contributed by atoms with Gasteiger partial charge in [0.2, 0.25) is 0 Å². The first kappa shape index (κ1) is 11.1. The predicted octanol–water partition coefficient (Wildman–Crippen LogP) is 1.94. The van der Waals surface area contributed by atoms with Crippen LogP contribution in [0.3, 0.4) is 0 Å². The second-order valence-electron chi connectivity index (χ2n) is 5.19. The van der Waals surface area contributed by atoms with E-state index in [0.717, 1.165) is 26.0 Å². The zero-order valence-electron chi connectivity index (χ0n) is 10.2. The number of nitrogens with zero attached hydrogens (tertiary/aromatic N) is 2. The van der Waals surface area contributed by atoms with Gasteiger partial charge in [0.1, 0.15) is 0 Å². The molecule has 0 spiro atoms. The van der Waals surface area contributed by atoms with E-state index in [1.807, 2.05) is 21.5 Å². The highest BCUT2D eigenvalue weighted by Crippen LogP contribution is 2.33. The van der Waals surface area contributed by atoms with Gasteiger partial charge in [-0.05, 0) is 38.5 Å². The van der Waals surface area contributed by atoms with Crippen molar-refractivity contribution in [3.05, 3.63) is 22.9 Å². The molecule has 2 aliphatic rings. The average molecular weight is 236 g/mol. The molecule has 2 fully saturated rings. The minimum Gasteiger partial charge on any atom is -0.378 e. The average Bonchev–Trinajstić information content (AvgIpc) is 2.91. The second-order valence-corrected chi connectivity index (χ2v) is 5.19. The standard InChI is InChI=1S/C13H20N2O2/c16-13-14(8-9-15(13)11-5-6-11)7-1-3-12-4-2-10-17-12/h8-9,11-12H,1-7,10H2. The molecule has 1 aliphatic heterocycles. The normalized spacial score (nSPS) is 24.4. The first-order valence-electron chi connectivity index (χ1n) is 6.73. The Morgan fingerprint density at radius 3 is 2.88 bits per heavy atom. The summed E-state index contributed by atoms with van der Waals surface area (Å²) in [5.74, 6) is 0. The molecule has 94 valence electrons. The minimum absolute atomic E-state index is 0.167. The Bertz CT molecular complexity index is 425. The third-order valence-electron chi connectivity index (χ3n) is 3.76. The molecule has 1 aliphatic carbocycles. The van der Waals surface area contributed by atoms with Crippen molar-refractivity contribution in [2.24, 2.45) is 0 Å². The first-order chi connectivity index (χ1) is 8.34. The van der Waals surface area contributed by atoms with Gasteiger partial charge in [-0.25, -0.2) is 4.79 Å². The molecule has 4 nitrogen and oxygen atoms in total. The Hall–Kier alpha value is -1.03. The van der Waals surface area contributed by atoms with Crippen molar-refractivity contribution in [3.63, 3.8) is 0 Å². The second kappa shape index (κ2) is 4.69. The number of imidazole rings is 1.